The zero-order chi connectivity index (χ0) is 20.9. The van der Waals surface area contributed by atoms with Gasteiger partial charge in [0.15, 0.2) is 5.79 Å². The number of benzene rings is 3. The number of nitrogens with zero attached hydrogens (tertiary/aromatic N) is 1. The third kappa shape index (κ3) is 4.84. The van der Waals surface area contributed by atoms with E-state index < -0.39 is 0 Å². The van der Waals surface area contributed by atoms with E-state index in [1.165, 1.54) is 22.4 Å². The molecule has 0 atom stereocenters. The quantitative estimate of drug-likeness (QED) is 0.474. The van der Waals surface area contributed by atoms with Gasteiger partial charge in [-0.3, -0.25) is 0 Å². The van der Waals surface area contributed by atoms with Gasteiger partial charge in [0.2, 0.25) is 0 Å². The van der Waals surface area contributed by atoms with Gasteiger partial charge < -0.3 is 14.4 Å². The summed E-state index contributed by atoms with van der Waals surface area (Å²) in [6.45, 7) is 3.29. The maximum absolute atomic E-state index is 5.90. The highest BCUT2D eigenvalue weighted by Crippen LogP contribution is 2.42. The van der Waals surface area contributed by atoms with Gasteiger partial charge >= 0.3 is 0 Å². The van der Waals surface area contributed by atoms with Gasteiger partial charge in [-0.2, -0.15) is 0 Å². The molecule has 0 bridgehead atoms. The highest BCUT2D eigenvalue weighted by atomic mass is 16.7. The van der Waals surface area contributed by atoms with E-state index in [1.807, 2.05) is 0 Å². The Morgan fingerprint density at radius 3 is 1.71 bits per heavy atom. The maximum atomic E-state index is 5.90. The second kappa shape index (κ2) is 9.25. The predicted octanol–water partition coefficient (Wildman–Crippen LogP) is 6.29. The van der Waals surface area contributed by atoms with Crippen molar-refractivity contribution in [3.05, 3.63) is 102 Å². The van der Waals surface area contributed by atoms with Crippen LogP contribution in [0.5, 0.6) is 0 Å². The molecule has 3 heteroatoms. The van der Waals surface area contributed by atoms with Crippen molar-refractivity contribution >= 4 is 5.69 Å². The normalized spacial score (nSPS) is 18.3. The summed E-state index contributed by atoms with van der Waals surface area (Å²) in [5.41, 5.74) is 5.37. The van der Waals surface area contributed by atoms with Gasteiger partial charge in [-0.05, 0) is 47.6 Å². The summed E-state index contributed by atoms with van der Waals surface area (Å²) in [5, 5.41) is 0. The number of hydrogen-bond acceptors (Lipinski definition) is 3. The number of rotatable bonds is 6. The summed E-state index contributed by atoms with van der Waals surface area (Å²) >= 11 is 0. The summed E-state index contributed by atoms with van der Waals surface area (Å²) in [7, 11) is 0. The molecule has 31 heavy (non-hydrogen) atoms. The van der Waals surface area contributed by atoms with Crippen LogP contribution in [0.15, 0.2) is 84.9 Å². The van der Waals surface area contributed by atoms with Gasteiger partial charge in [0.25, 0.3) is 0 Å². The zero-order valence-electron chi connectivity index (χ0n) is 18.1. The van der Waals surface area contributed by atoms with Crippen molar-refractivity contribution in [2.75, 3.05) is 18.1 Å². The molecule has 0 radical (unpaired) electrons. The maximum Gasteiger partial charge on any atom is 0.168 e. The van der Waals surface area contributed by atoms with Gasteiger partial charge in [0, 0.05) is 31.6 Å². The molecule has 0 amide bonds. The molecule has 1 saturated heterocycles. The summed E-state index contributed by atoms with van der Waals surface area (Å²) in [4.78, 5) is 2.46. The second-order valence-corrected chi connectivity index (χ2v) is 8.80. The van der Waals surface area contributed by atoms with Crippen LogP contribution in [0.25, 0.3) is 0 Å². The van der Waals surface area contributed by atoms with E-state index in [4.69, 9.17) is 9.47 Å². The lowest BCUT2D eigenvalue weighted by Crippen LogP contribution is -2.34. The molecular formula is C28H31NO2. The lowest BCUT2D eigenvalue weighted by atomic mass is 9.81. The van der Waals surface area contributed by atoms with Crippen LogP contribution in [-0.2, 0) is 22.6 Å². The molecular weight excluding hydrogens is 382 g/mol. The third-order valence-corrected chi connectivity index (χ3v) is 6.72. The molecule has 2 aliphatic rings. The van der Waals surface area contributed by atoms with Crippen LogP contribution < -0.4 is 4.90 Å². The molecule has 3 nitrogen and oxygen atoms in total. The molecule has 3 aromatic rings. The summed E-state index contributed by atoms with van der Waals surface area (Å²) < 4.78 is 11.8. The smallest absolute Gasteiger partial charge is 0.168 e. The van der Waals surface area contributed by atoms with Crippen LogP contribution in [-0.4, -0.2) is 19.0 Å². The fourth-order valence-corrected chi connectivity index (χ4v) is 4.98. The van der Waals surface area contributed by atoms with E-state index in [-0.39, 0.29) is 5.79 Å². The van der Waals surface area contributed by atoms with Gasteiger partial charge in [-0.15, -0.1) is 0 Å². The fraction of sp³-hybridized carbons (Fsp3) is 0.357. The Balaban J connectivity index is 1.31. The minimum absolute atomic E-state index is 0.279. The van der Waals surface area contributed by atoms with Crippen molar-refractivity contribution in [3.63, 3.8) is 0 Å². The Labute approximate surface area is 185 Å². The zero-order valence-corrected chi connectivity index (χ0v) is 18.1. The van der Waals surface area contributed by atoms with E-state index in [0.29, 0.717) is 5.92 Å². The molecule has 1 spiro atoms. The Hall–Kier alpha value is -2.62. The van der Waals surface area contributed by atoms with Crippen LogP contribution in [0.4, 0.5) is 5.69 Å². The Kier molecular flexibility index (Phi) is 6.06. The second-order valence-electron chi connectivity index (χ2n) is 8.80. The van der Waals surface area contributed by atoms with Crippen molar-refractivity contribution in [3.8, 4) is 0 Å². The first-order valence-corrected chi connectivity index (χ1v) is 11.5. The molecule has 1 heterocycles. The molecule has 1 aliphatic carbocycles. The molecule has 1 aliphatic heterocycles. The van der Waals surface area contributed by atoms with Crippen LogP contribution >= 0.6 is 0 Å². The van der Waals surface area contributed by atoms with E-state index in [2.05, 4.69) is 89.8 Å². The molecule has 2 fully saturated rings. The third-order valence-electron chi connectivity index (χ3n) is 6.72. The first kappa shape index (κ1) is 20.3. The number of hydrogen-bond donors (Lipinski definition) is 0. The topological polar surface area (TPSA) is 21.7 Å². The highest BCUT2D eigenvalue weighted by molar-refractivity contribution is 5.49. The van der Waals surface area contributed by atoms with Crippen LogP contribution in [0, 0.1) is 0 Å². The fourth-order valence-electron chi connectivity index (χ4n) is 4.98. The van der Waals surface area contributed by atoms with E-state index in [0.717, 1.165) is 52.0 Å². The van der Waals surface area contributed by atoms with Gasteiger partial charge in [0.1, 0.15) is 0 Å². The monoisotopic (exact) mass is 413 g/mol. The van der Waals surface area contributed by atoms with Gasteiger partial charge in [-0.1, -0.05) is 72.8 Å². The molecule has 0 aromatic heterocycles. The number of ether oxygens (including phenoxy) is 2. The van der Waals surface area contributed by atoms with Gasteiger partial charge in [0.05, 0.1) is 13.2 Å². The average Bonchev–Trinajstić information content (AvgIpc) is 3.28. The number of anilines is 1. The lowest BCUT2D eigenvalue weighted by Gasteiger charge is -2.35. The predicted molar refractivity (Wildman–Crippen MR) is 125 cm³/mol. The van der Waals surface area contributed by atoms with Crippen molar-refractivity contribution < 1.29 is 9.47 Å². The SMILES string of the molecule is c1ccc(CN(Cc2ccccc2)c2ccc(C3CCC4(CC3)OCCO4)cc2)cc1. The minimum Gasteiger partial charge on any atom is -0.363 e. The minimum atomic E-state index is -0.279. The lowest BCUT2D eigenvalue weighted by molar-refractivity contribution is -0.178. The Morgan fingerprint density at radius 1 is 0.677 bits per heavy atom. The van der Waals surface area contributed by atoms with Crippen LogP contribution in [0.1, 0.15) is 48.3 Å². The molecule has 3 aromatic carbocycles. The summed E-state index contributed by atoms with van der Waals surface area (Å²) in [5.74, 6) is 0.322. The highest BCUT2D eigenvalue weighted by Gasteiger charge is 2.40. The van der Waals surface area contributed by atoms with Crippen molar-refractivity contribution in [1.82, 2.24) is 0 Å². The molecule has 0 unspecified atom stereocenters. The average molecular weight is 414 g/mol. The largest absolute Gasteiger partial charge is 0.363 e. The first-order valence-electron chi connectivity index (χ1n) is 11.5. The van der Waals surface area contributed by atoms with Crippen LogP contribution in [0.3, 0.4) is 0 Å². The van der Waals surface area contributed by atoms with Crippen molar-refractivity contribution in [2.45, 2.75) is 50.5 Å². The standard InChI is InChI=1S/C28H31NO2/c1-3-7-23(8-4-1)21-29(22-24-9-5-2-6-10-24)27-13-11-25(12-14-27)26-15-17-28(18-16-26)30-19-20-31-28/h1-14,26H,15-22H2. The molecule has 0 N–H and O–H groups in total. The summed E-state index contributed by atoms with van der Waals surface area (Å²) in [6, 6.07) is 30.7. The summed E-state index contributed by atoms with van der Waals surface area (Å²) in [6.07, 6.45) is 4.29. The molecule has 1 saturated carbocycles. The molecule has 160 valence electrons. The van der Waals surface area contributed by atoms with Crippen molar-refractivity contribution in [2.24, 2.45) is 0 Å². The Morgan fingerprint density at radius 2 is 1.19 bits per heavy atom. The van der Waals surface area contributed by atoms with Crippen LogP contribution in [0.2, 0.25) is 0 Å². The Bertz CT molecular complexity index is 898. The van der Waals surface area contributed by atoms with E-state index >= 15 is 0 Å². The first-order chi connectivity index (χ1) is 15.3. The van der Waals surface area contributed by atoms with E-state index in [1.54, 1.807) is 0 Å². The van der Waals surface area contributed by atoms with Crippen molar-refractivity contribution in [1.29, 1.82) is 0 Å². The van der Waals surface area contributed by atoms with E-state index in [9.17, 15) is 0 Å². The van der Waals surface area contributed by atoms with Gasteiger partial charge in [-0.25, -0.2) is 0 Å². The molecule has 5 rings (SSSR count).